The van der Waals surface area contributed by atoms with Crippen LogP contribution in [0.4, 0.5) is 0 Å². The summed E-state index contributed by atoms with van der Waals surface area (Å²) < 4.78 is 11.2. The molecule has 0 saturated carbocycles. The van der Waals surface area contributed by atoms with E-state index in [2.05, 4.69) is 0 Å². The monoisotopic (exact) mass is 241 g/mol. The third-order valence-electron chi connectivity index (χ3n) is 3.93. The van der Waals surface area contributed by atoms with Crippen LogP contribution in [0.3, 0.4) is 0 Å². The van der Waals surface area contributed by atoms with Crippen molar-refractivity contribution in [2.75, 3.05) is 13.2 Å². The molecule has 98 valence electrons. The van der Waals surface area contributed by atoms with Crippen LogP contribution < -0.4 is 5.73 Å². The van der Waals surface area contributed by atoms with Gasteiger partial charge in [0.2, 0.25) is 0 Å². The second kappa shape index (κ2) is 3.77. The van der Waals surface area contributed by atoms with Gasteiger partial charge in [-0.1, -0.05) is 0 Å². The lowest BCUT2D eigenvalue weighted by Gasteiger charge is -2.31. The van der Waals surface area contributed by atoms with E-state index >= 15 is 0 Å². The highest BCUT2D eigenvalue weighted by molar-refractivity contribution is 5.92. The second-order valence-electron chi connectivity index (χ2n) is 6.54. The average Bonchev–Trinajstić information content (AvgIpc) is 2.67. The summed E-state index contributed by atoms with van der Waals surface area (Å²) in [6.45, 7) is 8.93. The summed E-state index contributed by atoms with van der Waals surface area (Å²) in [5.41, 5.74) is 4.68. The molecule has 4 heteroatoms. The number of carbonyl (C=O) groups is 1. The molecule has 0 aromatic rings. The summed E-state index contributed by atoms with van der Waals surface area (Å²) in [6, 6.07) is 0. The van der Waals surface area contributed by atoms with Crippen molar-refractivity contribution >= 4 is 5.78 Å². The van der Waals surface area contributed by atoms with Crippen LogP contribution in [0.1, 0.15) is 40.5 Å². The maximum atomic E-state index is 12.6. The van der Waals surface area contributed by atoms with Gasteiger partial charge in [-0.25, -0.2) is 0 Å². The first-order valence-corrected chi connectivity index (χ1v) is 6.27. The summed E-state index contributed by atoms with van der Waals surface area (Å²) in [7, 11) is 0. The number of hydrogen-bond donors (Lipinski definition) is 1. The average molecular weight is 241 g/mol. The van der Waals surface area contributed by atoms with E-state index in [4.69, 9.17) is 15.2 Å². The lowest BCUT2D eigenvalue weighted by atomic mass is 9.76. The van der Waals surface area contributed by atoms with Gasteiger partial charge in [-0.2, -0.15) is 0 Å². The van der Waals surface area contributed by atoms with Gasteiger partial charge in [-0.05, 0) is 40.5 Å². The van der Waals surface area contributed by atoms with Crippen molar-refractivity contribution in [3.63, 3.8) is 0 Å². The van der Waals surface area contributed by atoms with Crippen LogP contribution in [0.2, 0.25) is 0 Å². The predicted octanol–water partition coefficient (Wildman–Crippen LogP) is 1.27. The number of Topliss-reactive ketones (excluding diaryl/α,β-unsaturated/α-hetero) is 1. The zero-order valence-corrected chi connectivity index (χ0v) is 11.2. The fraction of sp³-hybridized carbons (Fsp3) is 0.923. The highest BCUT2D eigenvalue weighted by Gasteiger charge is 2.54. The van der Waals surface area contributed by atoms with Crippen LogP contribution in [0.25, 0.3) is 0 Å². The zero-order chi connectivity index (χ0) is 12.9. The number of hydrogen-bond acceptors (Lipinski definition) is 4. The summed E-state index contributed by atoms with van der Waals surface area (Å²) in [4.78, 5) is 12.6. The largest absolute Gasteiger partial charge is 0.379 e. The number of carbonyl (C=O) groups excluding carboxylic acids is 1. The van der Waals surface area contributed by atoms with E-state index in [1.807, 2.05) is 27.7 Å². The molecule has 0 aromatic carbocycles. The van der Waals surface area contributed by atoms with E-state index in [1.165, 1.54) is 0 Å². The Labute approximate surface area is 103 Å². The Hall–Kier alpha value is -0.450. The molecule has 4 nitrogen and oxygen atoms in total. The molecule has 0 bridgehead atoms. The fourth-order valence-corrected chi connectivity index (χ4v) is 3.09. The molecule has 0 aliphatic carbocycles. The summed E-state index contributed by atoms with van der Waals surface area (Å²) in [6.07, 6.45) is 1.36. The Morgan fingerprint density at radius 1 is 1.29 bits per heavy atom. The maximum absolute atomic E-state index is 12.6. The van der Waals surface area contributed by atoms with Crippen molar-refractivity contribution in [2.45, 2.75) is 57.3 Å². The quantitative estimate of drug-likeness (QED) is 0.791. The minimum atomic E-state index is -0.800. The van der Waals surface area contributed by atoms with Crippen LogP contribution in [0.15, 0.2) is 0 Å². The topological polar surface area (TPSA) is 61.6 Å². The van der Waals surface area contributed by atoms with Gasteiger partial charge in [0.25, 0.3) is 0 Å². The lowest BCUT2D eigenvalue weighted by Crippen LogP contribution is -2.54. The minimum absolute atomic E-state index is 0.102. The number of nitrogens with two attached hydrogens (primary N) is 1. The molecule has 2 N–H and O–H groups in total. The molecule has 2 fully saturated rings. The van der Waals surface area contributed by atoms with Gasteiger partial charge in [-0.3, -0.25) is 4.79 Å². The van der Waals surface area contributed by atoms with E-state index in [0.29, 0.717) is 19.6 Å². The SMILES string of the molecule is CC1(C)CC(C(=O)C2(N)CCOC2)C(C)(C)O1. The van der Waals surface area contributed by atoms with Gasteiger partial charge in [-0.15, -0.1) is 0 Å². The molecule has 17 heavy (non-hydrogen) atoms. The third-order valence-corrected chi connectivity index (χ3v) is 3.93. The first-order chi connectivity index (χ1) is 7.66. The highest BCUT2D eigenvalue weighted by atomic mass is 16.5. The predicted molar refractivity (Wildman–Crippen MR) is 64.7 cm³/mol. The van der Waals surface area contributed by atoms with Gasteiger partial charge >= 0.3 is 0 Å². The van der Waals surface area contributed by atoms with Gasteiger partial charge < -0.3 is 15.2 Å². The van der Waals surface area contributed by atoms with E-state index < -0.39 is 11.1 Å². The molecule has 2 unspecified atom stereocenters. The number of rotatable bonds is 2. The molecule has 2 rings (SSSR count). The highest BCUT2D eigenvalue weighted by Crippen LogP contribution is 2.44. The molecule has 2 heterocycles. The molecule has 2 aliphatic rings. The molecule has 0 spiro atoms. The van der Waals surface area contributed by atoms with Crippen molar-refractivity contribution in [1.29, 1.82) is 0 Å². The molecule has 0 aromatic heterocycles. The van der Waals surface area contributed by atoms with Crippen LogP contribution in [-0.4, -0.2) is 35.7 Å². The normalized spacial score (nSPS) is 39.5. The smallest absolute Gasteiger partial charge is 0.161 e. The van der Waals surface area contributed by atoms with Crippen molar-refractivity contribution in [2.24, 2.45) is 11.7 Å². The fourth-order valence-electron chi connectivity index (χ4n) is 3.09. The third kappa shape index (κ3) is 2.26. The zero-order valence-electron chi connectivity index (χ0n) is 11.2. The van der Waals surface area contributed by atoms with Crippen LogP contribution >= 0.6 is 0 Å². The molecule has 0 amide bonds. The van der Waals surface area contributed by atoms with Crippen molar-refractivity contribution in [3.8, 4) is 0 Å². The summed E-state index contributed by atoms with van der Waals surface area (Å²) >= 11 is 0. The lowest BCUT2D eigenvalue weighted by molar-refractivity contribution is -0.134. The molecular formula is C13H23NO3. The van der Waals surface area contributed by atoms with E-state index in [-0.39, 0.29) is 17.3 Å². The molecule has 0 radical (unpaired) electrons. The van der Waals surface area contributed by atoms with Crippen molar-refractivity contribution < 1.29 is 14.3 Å². The van der Waals surface area contributed by atoms with E-state index in [9.17, 15) is 4.79 Å². The summed E-state index contributed by atoms with van der Waals surface area (Å²) in [5.74, 6) is -0.0326. The van der Waals surface area contributed by atoms with E-state index in [0.717, 1.165) is 6.42 Å². The molecular weight excluding hydrogens is 218 g/mol. The Morgan fingerprint density at radius 2 is 1.94 bits per heavy atom. The number of ketones is 1. The van der Waals surface area contributed by atoms with Gasteiger partial charge in [0.05, 0.1) is 23.7 Å². The second-order valence-corrected chi connectivity index (χ2v) is 6.54. The van der Waals surface area contributed by atoms with Crippen LogP contribution in [0, 0.1) is 5.92 Å². The first-order valence-electron chi connectivity index (χ1n) is 6.27. The Kier molecular flexibility index (Phi) is 2.88. The van der Waals surface area contributed by atoms with Crippen molar-refractivity contribution in [3.05, 3.63) is 0 Å². The standard InChI is InChI=1S/C13H23NO3/c1-11(2)7-9(12(3,4)17-11)10(15)13(14)5-6-16-8-13/h9H,5-8,14H2,1-4H3. The summed E-state index contributed by atoms with van der Waals surface area (Å²) in [5, 5.41) is 0. The van der Waals surface area contributed by atoms with Crippen LogP contribution in [-0.2, 0) is 14.3 Å². The molecule has 2 atom stereocenters. The van der Waals surface area contributed by atoms with E-state index in [1.54, 1.807) is 0 Å². The minimum Gasteiger partial charge on any atom is -0.379 e. The van der Waals surface area contributed by atoms with Gasteiger partial charge in [0, 0.05) is 6.61 Å². The van der Waals surface area contributed by atoms with Gasteiger partial charge in [0.15, 0.2) is 5.78 Å². The molecule has 2 saturated heterocycles. The maximum Gasteiger partial charge on any atom is 0.161 e. The Morgan fingerprint density at radius 3 is 2.35 bits per heavy atom. The number of ether oxygens (including phenoxy) is 2. The molecule has 2 aliphatic heterocycles. The van der Waals surface area contributed by atoms with Gasteiger partial charge in [0.1, 0.15) is 5.54 Å². The Balaban J connectivity index is 2.20. The van der Waals surface area contributed by atoms with Crippen molar-refractivity contribution in [1.82, 2.24) is 0 Å². The first kappa shape index (κ1) is 13.0. The van der Waals surface area contributed by atoms with Crippen LogP contribution in [0.5, 0.6) is 0 Å². The Bertz CT molecular complexity index is 330.